The number of ether oxygens (including phenoxy) is 1. The van der Waals surface area contributed by atoms with E-state index in [9.17, 15) is 29.5 Å². The number of carbonyl (C=O) groups excluding carboxylic acids is 4. The van der Waals surface area contributed by atoms with E-state index >= 15 is 0 Å². The molecule has 1 unspecified atom stereocenters. The standard InChI is InChI=1S/C24H29N5O7/c1-14(13-28-20-11-18(30)15(2)35-20)23(33)26-8-3-9-27-24(34)16-4-5-19(17(10-16)12-25)36-29-21(31)6-7-22(29)32/h4-5,10,13,15,18,20,28,30H,3,6-9,11H2,1-2H3,(H,26,33)(H,27,34)/b14-13-/t15?,18-,20+/m0/s1. The molecule has 2 aliphatic rings. The molecule has 12 nitrogen and oxygen atoms in total. The lowest BCUT2D eigenvalue weighted by atomic mass is 10.1. The molecule has 192 valence electrons. The van der Waals surface area contributed by atoms with Crippen LogP contribution in [0.1, 0.15) is 55.5 Å². The average molecular weight is 500 g/mol. The second-order valence-corrected chi connectivity index (χ2v) is 8.49. The molecule has 36 heavy (non-hydrogen) atoms. The molecular weight excluding hydrogens is 470 g/mol. The summed E-state index contributed by atoms with van der Waals surface area (Å²) in [4.78, 5) is 53.3. The van der Waals surface area contributed by atoms with Crippen LogP contribution in [0, 0.1) is 11.3 Å². The number of benzene rings is 1. The minimum Gasteiger partial charge on any atom is -0.390 e. The maximum atomic E-state index is 12.4. The summed E-state index contributed by atoms with van der Waals surface area (Å²) >= 11 is 0. The molecule has 12 heteroatoms. The van der Waals surface area contributed by atoms with Crippen LogP contribution in [-0.4, -0.2) is 65.3 Å². The molecule has 2 saturated heterocycles. The molecular formula is C24H29N5O7. The molecule has 3 atom stereocenters. The van der Waals surface area contributed by atoms with Gasteiger partial charge >= 0.3 is 0 Å². The normalized spacial score (nSPS) is 21.8. The number of hydroxylamine groups is 2. The highest BCUT2D eigenvalue weighted by molar-refractivity contribution is 6.01. The Bertz CT molecular complexity index is 1070. The number of nitrogens with zero attached hydrogens (tertiary/aromatic N) is 2. The Morgan fingerprint density at radius 2 is 1.94 bits per heavy atom. The van der Waals surface area contributed by atoms with Crippen molar-refractivity contribution in [3.63, 3.8) is 0 Å². The van der Waals surface area contributed by atoms with Crippen molar-refractivity contribution in [1.82, 2.24) is 21.0 Å². The van der Waals surface area contributed by atoms with E-state index in [2.05, 4.69) is 16.0 Å². The van der Waals surface area contributed by atoms with E-state index in [-0.39, 0.29) is 54.5 Å². The monoisotopic (exact) mass is 499 g/mol. The number of nitrogens with one attached hydrogen (secondary N) is 3. The Balaban J connectivity index is 1.40. The van der Waals surface area contributed by atoms with E-state index in [4.69, 9.17) is 9.57 Å². The van der Waals surface area contributed by atoms with Gasteiger partial charge in [-0.05, 0) is 38.5 Å². The highest BCUT2D eigenvalue weighted by atomic mass is 16.7. The number of carbonyl (C=O) groups is 4. The SMILES string of the molecule is C/C(=C/N[C@H]1C[C@H](O)C(C)O1)C(=O)NCCCNC(=O)c1ccc(ON2C(=O)CCC2=O)c(C#N)c1. The van der Waals surface area contributed by atoms with Crippen LogP contribution in [0.2, 0.25) is 0 Å². The first-order valence-corrected chi connectivity index (χ1v) is 11.6. The van der Waals surface area contributed by atoms with Crippen LogP contribution >= 0.6 is 0 Å². The summed E-state index contributed by atoms with van der Waals surface area (Å²) < 4.78 is 5.50. The Hall–Kier alpha value is -3.95. The highest BCUT2D eigenvalue weighted by Crippen LogP contribution is 2.23. The van der Waals surface area contributed by atoms with Crippen LogP contribution in [-0.2, 0) is 19.1 Å². The van der Waals surface area contributed by atoms with Crippen molar-refractivity contribution in [3.8, 4) is 11.8 Å². The zero-order valence-corrected chi connectivity index (χ0v) is 20.1. The van der Waals surface area contributed by atoms with Gasteiger partial charge in [-0.15, -0.1) is 5.06 Å². The minimum atomic E-state index is -0.538. The van der Waals surface area contributed by atoms with Gasteiger partial charge in [0.25, 0.3) is 17.7 Å². The molecule has 1 aromatic rings. The van der Waals surface area contributed by atoms with Gasteiger partial charge < -0.3 is 30.6 Å². The lowest BCUT2D eigenvalue weighted by Gasteiger charge is -2.15. The Morgan fingerprint density at radius 1 is 1.25 bits per heavy atom. The number of nitriles is 1. The fourth-order valence-corrected chi connectivity index (χ4v) is 3.54. The third-order valence-electron chi connectivity index (χ3n) is 5.70. The summed E-state index contributed by atoms with van der Waals surface area (Å²) in [5.41, 5.74) is 0.658. The Labute approximate surface area is 208 Å². The van der Waals surface area contributed by atoms with Crippen molar-refractivity contribution in [2.45, 2.75) is 58.0 Å². The fraction of sp³-hybridized carbons (Fsp3) is 0.458. The molecule has 4 N–H and O–H groups in total. The first-order valence-electron chi connectivity index (χ1n) is 11.6. The number of imide groups is 1. The second kappa shape index (κ2) is 12.1. The smallest absolute Gasteiger partial charge is 0.263 e. The number of aliphatic hydroxyl groups excluding tert-OH is 1. The van der Waals surface area contributed by atoms with Crippen LogP contribution in [0.5, 0.6) is 5.75 Å². The first-order chi connectivity index (χ1) is 17.2. The second-order valence-electron chi connectivity index (χ2n) is 8.49. The quantitative estimate of drug-likeness (QED) is 0.200. The van der Waals surface area contributed by atoms with Gasteiger partial charge in [0.2, 0.25) is 5.91 Å². The van der Waals surface area contributed by atoms with E-state index in [1.54, 1.807) is 20.0 Å². The molecule has 2 heterocycles. The minimum absolute atomic E-state index is 0.00320. The topological polar surface area (TPSA) is 170 Å². The molecule has 0 saturated carbocycles. The largest absolute Gasteiger partial charge is 0.390 e. The summed E-state index contributed by atoms with van der Waals surface area (Å²) in [6.07, 6.45) is 1.41. The van der Waals surface area contributed by atoms with Crippen molar-refractivity contribution in [2.24, 2.45) is 0 Å². The molecule has 0 radical (unpaired) electrons. The van der Waals surface area contributed by atoms with E-state index in [1.807, 2.05) is 6.07 Å². The van der Waals surface area contributed by atoms with E-state index in [0.29, 0.717) is 30.0 Å². The molecule has 3 rings (SSSR count). The predicted octanol–water partition coefficient (Wildman–Crippen LogP) is 0.226. The third-order valence-corrected chi connectivity index (χ3v) is 5.70. The molecule has 0 spiro atoms. The van der Waals surface area contributed by atoms with Gasteiger partial charge in [-0.3, -0.25) is 19.2 Å². The third kappa shape index (κ3) is 6.80. The summed E-state index contributed by atoms with van der Waals surface area (Å²) in [5.74, 6) is -1.67. The molecule has 1 aromatic carbocycles. The van der Waals surface area contributed by atoms with Crippen LogP contribution in [0.15, 0.2) is 30.0 Å². The van der Waals surface area contributed by atoms with Crippen LogP contribution in [0.3, 0.4) is 0 Å². The van der Waals surface area contributed by atoms with Crippen molar-refractivity contribution in [1.29, 1.82) is 5.26 Å². The molecule has 0 bridgehead atoms. The first kappa shape index (κ1) is 26.7. The fourth-order valence-electron chi connectivity index (χ4n) is 3.54. The summed E-state index contributed by atoms with van der Waals surface area (Å²) in [6.45, 7) is 4.04. The Kier molecular flexibility index (Phi) is 8.99. The van der Waals surface area contributed by atoms with Crippen molar-refractivity contribution >= 4 is 23.6 Å². The van der Waals surface area contributed by atoms with Gasteiger partial charge in [0.05, 0.1) is 17.8 Å². The lowest BCUT2D eigenvalue weighted by molar-refractivity contribution is -0.164. The molecule has 2 fully saturated rings. The predicted molar refractivity (Wildman–Crippen MR) is 125 cm³/mol. The maximum Gasteiger partial charge on any atom is 0.263 e. The van der Waals surface area contributed by atoms with E-state index in [0.717, 1.165) is 0 Å². The highest BCUT2D eigenvalue weighted by Gasteiger charge is 2.32. The van der Waals surface area contributed by atoms with E-state index < -0.39 is 23.8 Å². The number of hydrogen-bond donors (Lipinski definition) is 4. The molecule has 0 aliphatic carbocycles. The lowest BCUT2D eigenvalue weighted by Crippen LogP contribution is -2.33. The zero-order valence-electron chi connectivity index (χ0n) is 20.1. The van der Waals surface area contributed by atoms with Crippen LogP contribution in [0.25, 0.3) is 0 Å². The number of amides is 4. The van der Waals surface area contributed by atoms with E-state index in [1.165, 1.54) is 18.2 Å². The number of aliphatic hydroxyl groups is 1. The number of hydrogen-bond acceptors (Lipinski definition) is 9. The Morgan fingerprint density at radius 3 is 2.58 bits per heavy atom. The average Bonchev–Trinajstić information content (AvgIpc) is 3.36. The summed E-state index contributed by atoms with van der Waals surface area (Å²) in [7, 11) is 0. The van der Waals surface area contributed by atoms with Crippen molar-refractivity contribution in [3.05, 3.63) is 41.1 Å². The molecule has 4 amide bonds. The zero-order chi connectivity index (χ0) is 26.2. The van der Waals surface area contributed by atoms with Crippen LogP contribution < -0.4 is 20.8 Å². The van der Waals surface area contributed by atoms with Crippen molar-refractivity contribution in [2.75, 3.05) is 13.1 Å². The summed E-state index contributed by atoms with van der Waals surface area (Å²) in [6, 6.07) is 5.98. The van der Waals surface area contributed by atoms with Gasteiger partial charge in [0.15, 0.2) is 5.75 Å². The van der Waals surface area contributed by atoms with Gasteiger partial charge in [-0.2, -0.15) is 5.26 Å². The van der Waals surface area contributed by atoms with Gasteiger partial charge in [0, 0.05) is 49.7 Å². The number of rotatable bonds is 10. The molecule has 2 aliphatic heterocycles. The van der Waals surface area contributed by atoms with Gasteiger partial charge in [0.1, 0.15) is 12.3 Å². The molecule has 0 aromatic heterocycles. The van der Waals surface area contributed by atoms with Gasteiger partial charge in [-0.1, -0.05) is 0 Å². The van der Waals surface area contributed by atoms with Crippen molar-refractivity contribution < 1.29 is 33.9 Å². The van der Waals surface area contributed by atoms with Gasteiger partial charge in [-0.25, -0.2) is 0 Å². The van der Waals surface area contributed by atoms with Crippen LogP contribution in [0.4, 0.5) is 0 Å². The summed E-state index contributed by atoms with van der Waals surface area (Å²) in [5, 5.41) is 28.1. The maximum absolute atomic E-state index is 12.4.